The van der Waals surface area contributed by atoms with E-state index in [0.29, 0.717) is 28.9 Å². The van der Waals surface area contributed by atoms with Crippen molar-refractivity contribution < 1.29 is 22.8 Å². The van der Waals surface area contributed by atoms with Crippen molar-refractivity contribution in [1.29, 1.82) is 0 Å². The van der Waals surface area contributed by atoms with E-state index in [1.807, 2.05) is 19.1 Å². The maximum atomic E-state index is 12.9. The summed E-state index contributed by atoms with van der Waals surface area (Å²) in [4.78, 5) is 38.0. The van der Waals surface area contributed by atoms with Crippen molar-refractivity contribution in [3.8, 4) is 0 Å². The van der Waals surface area contributed by atoms with Crippen molar-refractivity contribution in [2.75, 3.05) is 18.4 Å². The lowest BCUT2D eigenvalue weighted by atomic mass is 10.2. The van der Waals surface area contributed by atoms with Gasteiger partial charge in [-0.2, -0.15) is 13.2 Å². The molecular formula is C20H22F3N3O3. The van der Waals surface area contributed by atoms with Crippen molar-refractivity contribution >= 4 is 17.5 Å². The molecule has 0 atom stereocenters. The van der Waals surface area contributed by atoms with E-state index in [9.17, 15) is 27.6 Å². The molecule has 2 aromatic rings. The van der Waals surface area contributed by atoms with Gasteiger partial charge in [-0.25, -0.2) is 0 Å². The zero-order chi connectivity index (χ0) is 21.6. The van der Waals surface area contributed by atoms with Gasteiger partial charge in [0.2, 0.25) is 11.8 Å². The third kappa shape index (κ3) is 6.20. The summed E-state index contributed by atoms with van der Waals surface area (Å²) in [6.45, 7) is 3.00. The molecule has 0 aliphatic rings. The van der Waals surface area contributed by atoms with Gasteiger partial charge in [0, 0.05) is 24.5 Å². The molecule has 0 unspecified atom stereocenters. The highest BCUT2D eigenvalue weighted by Gasteiger charge is 2.31. The number of hydrogen-bond acceptors (Lipinski definition) is 3. The maximum absolute atomic E-state index is 12.9. The molecule has 29 heavy (non-hydrogen) atoms. The molecule has 0 saturated heterocycles. The molecule has 0 spiro atoms. The Labute approximate surface area is 165 Å². The molecule has 9 heteroatoms. The number of alkyl halides is 3. The second-order valence-electron chi connectivity index (χ2n) is 6.56. The van der Waals surface area contributed by atoms with Crippen LogP contribution in [0.25, 0.3) is 0 Å². The number of anilines is 1. The van der Waals surface area contributed by atoms with E-state index in [1.54, 1.807) is 19.1 Å². The van der Waals surface area contributed by atoms with Crippen LogP contribution in [0.1, 0.15) is 24.5 Å². The van der Waals surface area contributed by atoms with Gasteiger partial charge in [0.15, 0.2) is 0 Å². The topological polar surface area (TPSA) is 71.4 Å². The second kappa shape index (κ2) is 9.40. The summed E-state index contributed by atoms with van der Waals surface area (Å²) < 4.78 is 39.3. The van der Waals surface area contributed by atoms with Crippen molar-refractivity contribution in [3.05, 3.63) is 64.1 Å². The lowest BCUT2D eigenvalue weighted by Gasteiger charge is -2.22. The van der Waals surface area contributed by atoms with E-state index in [2.05, 4.69) is 5.32 Å². The van der Waals surface area contributed by atoms with Crippen LogP contribution in [0.2, 0.25) is 0 Å². The number of nitrogens with zero attached hydrogens (tertiary/aromatic N) is 2. The first-order valence-electron chi connectivity index (χ1n) is 9.02. The number of aryl methyl sites for hydroxylation is 1. The minimum atomic E-state index is -4.63. The number of halogens is 3. The minimum Gasteiger partial charge on any atom is -0.332 e. The number of carbonyl (C=O) groups excluding carboxylic acids is 2. The first-order valence-corrected chi connectivity index (χ1v) is 9.02. The lowest BCUT2D eigenvalue weighted by molar-refractivity contribution is -0.139. The fraction of sp³-hybridized carbons (Fsp3) is 0.350. The Balaban J connectivity index is 2.12. The van der Waals surface area contributed by atoms with Crippen LogP contribution in [0.4, 0.5) is 18.9 Å². The van der Waals surface area contributed by atoms with Gasteiger partial charge in [0.05, 0.1) is 12.1 Å². The van der Waals surface area contributed by atoms with Gasteiger partial charge in [-0.3, -0.25) is 14.4 Å². The van der Waals surface area contributed by atoms with Crippen LogP contribution in [0, 0.1) is 6.92 Å². The van der Waals surface area contributed by atoms with Gasteiger partial charge >= 0.3 is 6.18 Å². The summed E-state index contributed by atoms with van der Waals surface area (Å²) in [6.07, 6.45) is -3.48. The second-order valence-corrected chi connectivity index (χ2v) is 6.56. The molecule has 1 heterocycles. The number of benzene rings is 1. The van der Waals surface area contributed by atoms with Gasteiger partial charge in [-0.05, 0) is 31.0 Å². The largest absolute Gasteiger partial charge is 0.417 e. The fourth-order valence-electron chi connectivity index (χ4n) is 2.71. The van der Waals surface area contributed by atoms with Crippen molar-refractivity contribution in [2.45, 2.75) is 33.0 Å². The Kier molecular flexibility index (Phi) is 7.19. The third-order valence-corrected chi connectivity index (χ3v) is 4.22. The molecule has 1 N–H and O–H groups in total. The number of rotatable bonds is 7. The average Bonchev–Trinajstić information content (AvgIpc) is 2.64. The number of hydrogen-bond donors (Lipinski definition) is 1. The van der Waals surface area contributed by atoms with Crippen LogP contribution in [0.5, 0.6) is 0 Å². The van der Waals surface area contributed by atoms with Crippen molar-refractivity contribution in [2.24, 2.45) is 0 Å². The first kappa shape index (κ1) is 22.2. The molecule has 2 amide bonds. The summed E-state index contributed by atoms with van der Waals surface area (Å²) >= 11 is 0. The van der Waals surface area contributed by atoms with Crippen molar-refractivity contribution in [1.82, 2.24) is 9.47 Å². The fourth-order valence-corrected chi connectivity index (χ4v) is 2.71. The predicted octanol–water partition coefficient (Wildman–Crippen LogP) is 3.05. The number of pyridine rings is 1. The molecule has 1 aromatic heterocycles. The molecule has 2 rings (SSSR count). The Bertz CT molecular complexity index is 938. The smallest absolute Gasteiger partial charge is 0.332 e. The van der Waals surface area contributed by atoms with Crippen LogP contribution in [0.3, 0.4) is 0 Å². The van der Waals surface area contributed by atoms with Crippen LogP contribution in [-0.2, 0) is 22.3 Å². The number of aromatic nitrogens is 1. The Morgan fingerprint density at radius 2 is 1.83 bits per heavy atom. The lowest BCUT2D eigenvalue weighted by Crippen LogP contribution is -2.41. The van der Waals surface area contributed by atoms with E-state index in [4.69, 9.17) is 0 Å². The molecule has 0 radical (unpaired) electrons. The summed E-state index contributed by atoms with van der Waals surface area (Å²) in [5.74, 6) is -1.05. The van der Waals surface area contributed by atoms with Crippen LogP contribution < -0.4 is 10.9 Å². The molecule has 6 nitrogen and oxygen atoms in total. The standard InChI is InChI=1S/C20H22F3N3O3/c1-3-10-25(12-17(27)24-16-7-5-4-6-14(16)2)19(29)13-26-11-15(20(21,22)23)8-9-18(26)28/h4-9,11H,3,10,12-13H2,1-2H3,(H,24,27). The zero-order valence-electron chi connectivity index (χ0n) is 16.1. The molecule has 0 fully saturated rings. The van der Waals surface area contributed by atoms with Crippen molar-refractivity contribution in [3.63, 3.8) is 0 Å². The predicted molar refractivity (Wildman–Crippen MR) is 102 cm³/mol. The highest BCUT2D eigenvalue weighted by molar-refractivity contribution is 5.95. The van der Waals surface area contributed by atoms with Gasteiger partial charge in [-0.1, -0.05) is 25.1 Å². The quantitative estimate of drug-likeness (QED) is 0.764. The SMILES string of the molecule is CCCN(CC(=O)Nc1ccccc1C)C(=O)Cn1cc(C(F)(F)F)ccc1=O. The van der Waals surface area contributed by atoms with E-state index in [-0.39, 0.29) is 13.1 Å². The molecule has 1 aromatic carbocycles. The molecule has 0 aliphatic heterocycles. The molecule has 0 aliphatic carbocycles. The van der Waals surface area contributed by atoms with Gasteiger partial charge in [0.1, 0.15) is 6.54 Å². The highest BCUT2D eigenvalue weighted by Crippen LogP contribution is 2.28. The first-order chi connectivity index (χ1) is 13.6. The molecular weight excluding hydrogens is 387 g/mol. The minimum absolute atomic E-state index is 0.230. The van der Waals surface area contributed by atoms with E-state index < -0.39 is 35.7 Å². The maximum Gasteiger partial charge on any atom is 0.417 e. The third-order valence-electron chi connectivity index (χ3n) is 4.22. The Morgan fingerprint density at radius 1 is 1.14 bits per heavy atom. The van der Waals surface area contributed by atoms with Crippen LogP contribution >= 0.6 is 0 Å². The monoisotopic (exact) mass is 409 g/mol. The van der Waals surface area contributed by atoms with Gasteiger partial charge < -0.3 is 14.8 Å². The summed E-state index contributed by atoms with van der Waals surface area (Å²) in [5.41, 5.74) is -0.295. The van der Waals surface area contributed by atoms with Gasteiger partial charge in [-0.15, -0.1) is 0 Å². The van der Waals surface area contributed by atoms with Crippen LogP contribution in [0.15, 0.2) is 47.4 Å². The number of nitrogens with one attached hydrogen (secondary N) is 1. The van der Waals surface area contributed by atoms with Gasteiger partial charge in [0.25, 0.3) is 5.56 Å². The normalized spacial score (nSPS) is 11.2. The van der Waals surface area contributed by atoms with E-state index in [1.165, 1.54) is 4.90 Å². The number of carbonyl (C=O) groups is 2. The average molecular weight is 409 g/mol. The highest BCUT2D eigenvalue weighted by atomic mass is 19.4. The van der Waals surface area contributed by atoms with E-state index >= 15 is 0 Å². The summed E-state index contributed by atoms with van der Waals surface area (Å²) in [6, 6.07) is 8.57. The Morgan fingerprint density at radius 3 is 2.45 bits per heavy atom. The summed E-state index contributed by atoms with van der Waals surface area (Å²) in [5, 5.41) is 2.71. The summed E-state index contributed by atoms with van der Waals surface area (Å²) in [7, 11) is 0. The molecule has 0 saturated carbocycles. The Hall–Kier alpha value is -3.10. The van der Waals surface area contributed by atoms with E-state index in [0.717, 1.165) is 11.6 Å². The molecule has 156 valence electrons. The number of para-hydroxylation sites is 1. The number of amides is 2. The molecule has 0 bridgehead atoms. The van der Waals surface area contributed by atoms with Crippen LogP contribution in [-0.4, -0.2) is 34.4 Å². The zero-order valence-corrected chi connectivity index (χ0v) is 16.1.